The second-order valence-corrected chi connectivity index (χ2v) is 6.16. The lowest BCUT2D eigenvalue weighted by molar-refractivity contribution is 0.315. The molecule has 1 aliphatic heterocycles. The Bertz CT molecular complexity index is 640. The lowest BCUT2D eigenvalue weighted by Crippen LogP contribution is -2.24. The minimum Gasteiger partial charge on any atom is -0.325 e. The highest BCUT2D eigenvalue weighted by atomic mass is 15.4. The molecule has 1 saturated heterocycles. The fourth-order valence-corrected chi connectivity index (χ4v) is 3.09. The summed E-state index contributed by atoms with van der Waals surface area (Å²) in [7, 11) is 0. The van der Waals surface area contributed by atoms with Gasteiger partial charge in [-0.15, -0.1) is 5.10 Å². The summed E-state index contributed by atoms with van der Waals surface area (Å²) in [6.07, 6.45) is 2.63. The standard InChI is InChI=1S/C17H25N5/c1-13-5-6-15(11-14(13)2)17-16(12-18)19-20-22(17)10-9-21-7-3-4-8-21/h5-6,11H,3-4,7-10,12,18H2,1-2H3. The summed E-state index contributed by atoms with van der Waals surface area (Å²) in [5.74, 6) is 0. The average molecular weight is 299 g/mol. The smallest absolute Gasteiger partial charge is 0.104 e. The van der Waals surface area contributed by atoms with Crippen LogP contribution in [0.15, 0.2) is 18.2 Å². The van der Waals surface area contributed by atoms with Gasteiger partial charge in [0.15, 0.2) is 0 Å². The minimum atomic E-state index is 0.423. The molecule has 2 heterocycles. The van der Waals surface area contributed by atoms with Crippen molar-refractivity contribution in [3.63, 3.8) is 0 Å². The Morgan fingerprint density at radius 2 is 1.86 bits per heavy atom. The van der Waals surface area contributed by atoms with Crippen LogP contribution in [-0.2, 0) is 13.1 Å². The van der Waals surface area contributed by atoms with E-state index in [-0.39, 0.29) is 0 Å². The van der Waals surface area contributed by atoms with Crippen LogP contribution in [0.2, 0.25) is 0 Å². The number of rotatable bonds is 5. The number of hydrogen-bond donors (Lipinski definition) is 1. The highest BCUT2D eigenvalue weighted by Crippen LogP contribution is 2.24. The second kappa shape index (κ2) is 6.58. The van der Waals surface area contributed by atoms with Crippen LogP contribution in [-0.4, -0.2) is 39.5 Å². The van der Waals surface area contributed by atoms with Crippen LogP contribution < -0.4 is 5.73 Å². The van der Waals surface area contributed by atoms with E-state index in [1.165, 1.54) is 37.1 Å². The van der Waals surface area contributed by atoms with E-state index in [0.29, 0.717) is 6.54 Å². The molecule has 1 aromatic carbocycles. The third kappa shape index (κ3) is 3.05. The molecular formula is C17H25N5. The topological polar surface area (TPSA) is 60.0 Å². The van der Waals surface area contributed by atoms with Crippen molar-refractivity contribution in [1.82, 2.24) is 19.9 Å². The SMILES string of the molecule is Cc1ccc(-c2c(CN)nnn2CCN2CCCC2)cc1C. The fraction of sp³-hybridized carbons (Fsp3) is 0.529. The average Bonchev–Trinajstić information content (AvgIpc) is 3.16. The van der Waals surface area contributed by atoms with Crippen molar-refractivity contribution in [2.45, 2.75) is 39.8 Å². The van der Waals surface area contributed by atoms with Crippen molar-refractivity contribution in [3.05, 3.63) is 35.0 Å². The van der Waals surface area contributed by atoms with E-state index in [1.54, 1.807) is 0 Å². The van der Waals surface area contributed by atoms with E-state index in [4.69, 9.17) is 5.73 Å². The molecule has 3 rings (SSSR count). The molecule has 5 nitrogen and oxygen atoms in total. The number of benzene rings is 1. The summed E-state index contributed by atoms with van der Waals surface area (Å²) in [5, 5.41) is 8.61. The van der Waals surface area contributed by atoms with E-state index < -0.39 is 0 Å². The summed E-state index contributed by atoms with van der Waals surface area (Å²) in [4.78, 5) is 2.49. The van der Waals surface area contributed by atoms with Gasteiger partial charge in [-0.05, 0) is 57.0 Å². The second-order valence-electron chi connectivity index (χ2n) is 6.16. The van der Waals surface area contributed by atoms with Gasteiger partial charge < -0.3 is 10.6 Å². The van der Waals surface area contributed by atoms with E-state index in [1.807, 2.05) is 4.68 Å². The Morgan fingerprint density at radius 3 is 2.55 bits per heavy atom. The minimum absolute atomic E-state index is 0.423. The number of hydrogen-bond acceptors (Lipinski definition) is 4. The van der Waals surface area contributed by atoms with Gasteiger partial charge in [-0.1, -0.05) is 17.3 Å². The molecule has 118 valence electrons. The summed E-state index contributed by atoms with van der Waals surface area (Å²) in [6, 6.07) is 6.51. The van der Waals surface area contributed by atoms with Gasteiger partial charge in [-0.2, -0.15) is 0 Å². The molecule has 0 unspecified atom stereocenters. The van der Waals surface area contributed by atoms with Crippen LogP contribution in [0.25, 0.3) is 11.3 Å². The predicted molar refractivity (Wildman–Crippen MR) is 88.5 cm³/mol. The molecular weight excluding hydrogens is 274 g/mol. The quantitative estimate of drug-likeness (QED) is 0.918. The van der Waals surface area contributed by atoms with Gasteiger partial charge in [-0.3, -0.25) is 0 Å². The first-order valence-corrected chi connectivity index (χ1v) is 8.11. The lowest BCUT2D eigenvalue weighted by atomic mass is 10.0. The van der Waals surface area contributed by atoms with Crippen molar-refractivity contribution >= 4 is 0 Å². The van der Waals surface area contributed by atoms with Gasteiger partial charge >= 0.3 is 0 Å². The zero-order valence-electron chi connectivity index (χ0n) is 13.5. The van der Waals surface area contributed by atoms with Crippen LogP contribution in [0.3, 0.4) is 0 Å². The van der Waals surface area contributed by atoms with Crippen LogP contribution >= 0.6 is 0 Å². The predicted octanol–water partition coefficient (Wildman–Crippen LogP) is 2.12. The summed E-state index contributed by atoms with van der Waals surface area (Å²) < 4.78 is 2.02. The van der Waals surface area contributed by atoms with Crippen LogP contribution in [0.5, 0.6) is 0 Å². The molecule has 0 bridgehead atoms. The molecule has 22 heavy (non-hydrogen) atoms. The maximum absolute atomic E-state index is 5.86. The third-order valence-electron chi connectivity index (χ3n) is 4.61. The van der Waals surface area contributed by atoms with Gasteiger partial charge in [-0.25, -0.2) is 4.68 Å². The Balaban J connectivity index is 1.87. The Labute approximate surface area is 132 Å². The molecule has 1 aliphatic rings. The maximum atomic E-state index is 5.86. The zero-order chi connectivity index (χ0) is 15.5. The van der Waals surface area contributed by atoms with Crippen LogP contribution in [0.4, 0.5) is 0 Å². The third-order valence-corrected chi connectivity index (χ3v) is 4.61. The number of aryl methyl sites for hydroxylation is 2. The van der Waals surface area contributed by atoms with E-state index in [9.17, 15) is 0 Å². The fourth-order valence-electron chi connectivity index (χ4n) is 3.09. The highest BCUT2D eigenvalue weighted by molar-refractivity contribution is 5.63. The highest BCUT2D eigenvalue weighted by Gasteiger charge is 2.16. The molecule has 2 N–H and O–H groups in total. The lowest BCUT2D eigenvalue weighted by Gasteiger charge is -2.15. The van der Waals surface area contributed by atoms with Crippen molar-refractivity contribution in [2.24, 2.45) is 5.73 Å². The van der Waals surface area contributed by atoms with Crippen LogP contribution in [0.1, 0.15) is 29.7 Å². The molecule has 0 spiro atoms. The largest absolute Gasteiger partial charge is 0.325 e. The number of likely N-dealkylation sites (tertiary alicyclic amines) is 1. The first-order valence-electron chi connectivity index (χ1n) is 8.11. The van der Waals surface area contributed by atoms with E-state index >= 15 is 0 Å². The first kappa shape index (κ1) is 15.2. The normalized spacial score (nSPS) is 15.6. The van der Waals surface area contributed by atoms with Crippen molar-refractivity contribution in [2.75, 3.05) is 19.6 Å². The van der Waals surface area contributed by atoms with Crippen molar-refractivity contribution in [1.29, 1.82) is 0 Å². The summed E-state index contributed by atoms with van der Waals surface area (Å²) in [6.45, 7) is 9.01. The van der Waals surface area contributed by atoms with Gasteiger partial charge in [0.2, 0.25) is 0 Å². The van der Waals surface area contributed by atoms with Gasteiger partial charge in [0.05, 0.1) is 12.2 Å². The zero-order valence-corrected chi connectivity index (χ0v) is 13.5. The number of nitrogens with two attached hydrogens (primary N) is 1. The molecule has 0 saturated carbocycles. The molecule has 0 amide bonds. The van der Waals surface area contributed by atoms with Gasteiger partial charge in [0, 0.05) is 18.7 Å². The Hall–Kier alpha value is -1.72. The molecule has 1 fully saturated rings. The summed E-state index contributed by atoms with van der Waals surface area (Å²) in [5.41, 5.74) is 11.6. The Morgan fingerprint density at radius 1 is 1.09 bits per heavy atom. The molecule has 2 aromatic rings. The van der Waals surface area contributed by atoms with E-state index in [0.717, 1.165) is 30.0 Å². The van der Waals surface area contributed by atoms with Crippen LogP contribution in [0, 0.1) is 13.8 Å². The van der Waals surface area contributed by atoms with Gasteiger partial charge in [0.1, 0.15) is 5.69 Å². The molecule has 1 aromatic heterocycles. The molecule has 0 radical (unpaired) electrons. The van der Waals surface area contributed by atoms with Gasteiger partial charge in [0.25, 0.3) is 0 Å². The van der Waals surface area contributed by atoms with Crippen molar-refractivity contribution < 1.29 is 0 Å². The van der Waals surface area contributed by atoms with E-state index in [2.05, 4.69) is 47.3 Å². The Kier molecular flexibility index (Phi) is 4.55. The monoisotopic (exact) mass is 299 g/mol. The molecule has 5 heteroatoms. The first-order chi connectivity index (χ1) is 10.7. The number of aromatic nitrogens is 3. The molecule has 0 atom stereocenters. The molecule has 0 aliphatic carbocycles. The summed E-state index contributed by atoms with van der Waals surface area (Å²) >= 11 is 0. The van der Waals surface area contributed by atoms with Crippen molar-refractivity contribution in [3.8, 4) is 11.3 Å². The number of nitrogens with zero attached hydrogens (tertiary/aromatic N) is 4. The maximum Gasteiger partial charge on any atom is 0.104 e.